The van der Waals surface area contributed by atoms with Crippen LogP contribution in [0.2, 0.25) is 0 Å². The Labute approximate surface area is 156 Å². The van der Waals surface area contributed by atoms with E-state index in [0.29, 0.717) is 18.7 Å². The summed E-state index contributed by atoms with van der Waals surface area (Å²) in [5.74, 6) is -0.0503. The number of unbranched alkanes of at least 4 members (excludes halogenated alkanes) is 1. The molecule has 1 amide bonds. The van der Waals surface area contributed by atoms with E-state index in [4.69, 9.17) is 0 Å². The molecule has 0 unspecified atom stereocenters. The van der Waals surface area contributed by atoms with Gasteiger partial charge in [-0.3, -0.25) is 9.59 Å². The van der Waals surface area contributed by atoms with E-state index in [2.05, 4.69) is 22.0 Å². The minimum atomic E-state index is -0.0503. The number of rotatable bonds is 7. The molecule has 1 N–H and O–H groups in total. The lowest BCUT2D eigenvalue weighted by Crippen LogP contribution is -2.25. The molecule has 0 fully saturated rings. The standard InChI is InChI=1S/C20H23N3O2S/c1-15-8-9-16(2)23(15)20-17(10-14-26-20)19(25)21-11-4-6-13-22-12-5-3-7-18(22)24/h3,5,7-10,12,14H,4,6,11,13H2,1-2H3,(H,21,25). The van der Waals surface area contributed by atoms with Gasteiger partial charge in [0.05, 0.1) is 5.56 Å². The summed E-state index contributed by atoms with van der Waals surface area (Å²) in [6, 6.07) is 11.1. The summed E-state index contributed by atoms with van der Waals surface area (Å²) in [6.07, 6.45) is 3.46. The molecule has 3 aromatic heterocycles. The molecule has 3 heterocycles. The number of hydrogen-bond acceptors (Lipinski definition) is 3. The normalized spacial score (nSPS) is 10.8. The average Bonchev–Trinajstić information content (AvgIpc) is 3.22. The molecule has 3 rings (SSSR count). The lowest BCUT2D eigenvalue weighted by atomic mass is 10.2. The van der Waals surface area contributed by atoms with E-state index < -0.39 is 0 Å². The maximum Gasteiger partial charge on any atom is 0.254 e. The highest BCUT2D eigenvalue weighted by Gasteiger charge is 2.16. The summed E-state index contributed by atoms with van der Waals surface area (Å²) in [4.78, 5) is 24.2. The first-order chi connectivity index (χ1) is 12.6. The minimum Gasteiger partial charge on any atom is -0.352 e. The van der Waals surface area contributed by atoms with E-state index in [1.165, 1.54) is 0 Å². The first-order valence-electron chi connectivity index (χ1n) is 8.74. The van der Waals surface area contributed by atoms with Crippen molar-refractivity contribution in [1.29, 1.82) is 0 Å². The van der Waals surface area contributed by atoms with Gasteiger partial charge in [0.1, 0.15) is 5.00 Å². The van der Waals surface area contributed by atoms with Crippen molar-refractivity contribution in [1.82, 2.24) is 14.5 Å². The molecule has 136 valence electrons. The summed E-state index contributed by atoms with van der Waals surface area (Å²) < 4.78 is 3.80. The van der Waals surface area contributed by atoms with Gasteiger partial charge in [-0.25, -0.2) is 0 Å². The Bertz CT molecular complexity index is 932. The van der Waals surface area contributed by atoms with Crippen LogP contribution >= 0.6 is 11.3 Å². The Hall–Kier alpha value is -2.60. The molecule has 0 atom stereocenters. The van der Waals surface area contributed by atoms with Crippen LogP contribution in [0.15, 0.2) is 52.8 Å². The third-order valence-corrected chi connectivity index (χ3v) is 5.27. The van der Waals surface area contributed by atoms with Crippen LogP contribution in [0.4, 0.5) is 0 Å². The van der Waals surface area contributed by atoms with Gasteiger partial charge >= 0.3 is 0 Å². The predicted octanol–water partition coefficient (Wildman–Crippen LogP) is 3.53. The maximum atomic E-state index is 12.6. The zero-order chi connectivity index (χ0) is 18.5. The molecule has 0 aliphatic heterocycles. The Morgan fingerprint density at radius 3 is 2.58 bits per heavy atom. The second-order valence-electron chi connectivity index (χ2n) is 6.29. The summed E-state index contributed by atoms with van der Waals surface area (Å²) in [7, 11) is 0. The van der Waals surface area contributed by atoms with Crippen LogP contribution in [-0.2, 0) is 6.54 Å². The van der Waals surface area contributed by atoms with Crippen molar-refractivity contribution < 1.29 is 4.79 Å². The third kappa shape index (κ3) is 3.96. The van der Waals surface area contributed by atoms with Gasteiger partial charge < -0.3 is 14.5 Å². The van der Waals surface area contributed by atoms with Gasteiger partial charge in [0, 0.05) is 36.7 Å². The Morgan fingerprint density at radius 2 is 1.85 bits per heavy atom. The van der Waals surface area contributed by atoms with Crippen LogP contribution in [0.25, 0.3) is 5.00 Å². The summed E-state index contributed by atoms with van der Waals surface area (Å²) >= 11 is 1.57. The van der Waals surface area contributed by atoms with Crippen LogP contribution in [0.3, 0.4) is 0 Å². The van der Waals surface area contributed by atoms with Crippen LogP contribution in [-0.4, -0.2) is 21.6 Å². The number of aryl methyl sites for hydroxylation is 3. The van der Waals surface area contributed by atoms with Gasteiger partial charge in [-0.15, -0.1) is 11.3 Å². The van der Waals surface area contributed by atoms with E-state index in [-0.39, 0.29) is 11.5 Å². The zero-order valence-corrected chi connectivity index (χ0v) is 15.9. The fraction of sp³-hybridized carbons (Fsp3) is 0.300. The van der Waals surface area contributed by atoms with Crippen LogP contribution in [0.1, 0.15) is 34.6 Å². The summed E-state index contributed by atoms with van der Waals surface area (Å²) in [6.45, 7) is 5.35. The molecular formula is C20H23N3O2S. The van der Waals surface area contributed by atoms with Crippen LogP contribution in [0.5, 0.6) is 0 Å². The molecule has 26 heavy (non-hydrogen) atoms. The molecule has 6 heteroatoms. The molecule has 0 bridgehead atoms. The van der Waals surface area contributed by atoms with Crippen LogP contribution in [0, 0.1) is 13.8 Å². The van der Waals surface area contributed by atoms with Crippen molar-refractivity contribution in [3.8, 4) is 5.00 Å². The Kier molecular flexibility index (Phi) is 5.73. The number of carbonyl (C=O) groups is 1. The van der Waals surface area contributed by atoms with E-state index >= 15 is 0 Å². The predicted molar refractivity (Wildman–Crippen MR) is 105 cm³/mol. The quantitative estimate of drug-likeness (QED) is 0.648. The molecule has 0 aliphatic carbocycles. The Balaban J connectivity index is 1.54. The largest absolute Gasteiger partial charge is 0.352 e. The Morgan fingerprint density at radius 1 is 1.08 bits per heavy atom. The van der Waals surface area contributed by atoms with E-state index in [1.54, 1.807) is 34.2 Å². The first kappa shape index (κ1) is 18.2. The van der Waals surface area contributed by atoms with E-state index in [9.17, 15) is 9.59 Å². The number of hydrogen-bond donors (Lipinski definition) is 1. The smallest absolute Gasteiger partial charge is 0.254 e. The molecule has 0 saturated carbocycles. The fourth-order valence-corrected chi connectivity index (χ4v) is 4.00. The van der Waals surface area contributed by atoms with Gasteiger partial charge in [0.15, 0.2) is 0 Å². The SMILES string of the molecule is Cc1ccc(C)n1-c1sccc1C(=O)NCCCCn1ccccc1=O. The number of pyridine rings is 1. The van der Waals surface area contributed by atoms with Gasteiger partial charge in [-0.1, -0.05) is 6.07 Å². The lowest BCUT2D eigenvalue weighted by molar-refractivity contribution is 0.0953. The average molecular weight is 369 g/mol. The molecule has 5 nitrogen and oxygen atoms in total. The highest BCUT2D eigenvalue weighted by Crippen LogP contribution is 2.25. The van der Waals surface area contributed by atoms with Gasteiger partial charge in [0.2, 0.25) is 5.56 Å². The van der Waals surface area contributed by atoms with E-state index in [1.807, 2.05) is 31.4 Å². The van der Waals surface area contributed by atoms with Crippen molar-refractivity contribution in [3.05, 3.63) is 75.3 Å². The summed E-state index contributed by atoms with van der Waals surface area (Å²) in [5.41, 5.74) is 2.95. The monoisotopic (exact) mass is 369 g/mol. The number of amides is 1. The number of nitrogens with one attached hydrogen (secondary N) is 1. The van der Waals surface area contributed by atoms with Gasteiger partial charge in [-0.05, 0) is 56.3 Å². The van der Waals surface area contributed by atoms with Crippen molar-refractivity contribution in [2.45, 2.75) is 33.2 Å². The molecular weight excluding hydrogens is 346 g/mol. The summed E-state index contributed by atoms with van der Waals surface area (Å²) in [5, 5.41) is 5.90. The number of aromatic nitrogens is 2. The van der Waals surface area contributed by atoms with Crippen molar-refractivity contribution in [3.63, 3.8) is 0 Å². The lowest BCUT2D eigenvalue weighted by Gasteiger charge is -2.11. The highest BCUT2D eigenvalue weighted by molar-refractivity contribution is 7.13. The highest BCUT2D eigenvalue weighted by atomic mass is 32.1. The molecule has 0 spiro atoms. The number of thiophene rings is 1. The van der Waals surface area contributed by atoms with Crippen LogP contribution < -0.4 is 10.9 Å². The third-order valence-electron chi connectivity index (χ3n) is 4.37. The van der Waals surface area contributed by atoms with Gasteiger partial charge in [-0.2, -0.15) is 0 Å². The molecule has 3 aromatic rings. The van der Waals surface area contributed by atoms with Gasteiger partial charge in [0.25, 0.3) is 5.91 Å². The van der Waals surface area contributed by atoms with E-state index in [0.717, 1.165) is 29.2 Å². The minimum absolute atomic E-state index is 0.0110. The second kappa shape index (κ2) is 8.19. The first-order valence-corrected chi connectivity index (χ1v) is 9.62. The van der Waals surface area contributed by atoms with Crippen molar-refractivity contribution in [2.24, 2.45) is 0 Å². The molecule has 0 radical (unpaired) electrons. The van der Waals surface area contributed by atoms with Crippen molar-refractivity contribution >= 4 is 17.2 Å². The number of nitrogens with zero attached hydrogens (tertiary/aromatic N) is 2. The molecule has 0 aliphatic rings. The zero-order valence-electron chi connectivity index (χ0n) is 15.1. The molecule has 0 saturated heterocycles. The maximum absolute atomic E-state index is 12.6. The van der Waals surface area contributed by atoms with Crippen molar-refractivity contribution in [2.75, 3.05) is 6.54 Å². The topological polar surface area (TPSA) is 56.0 Å². The fourth-order valence-electron chi connectivity index (χ4n) is 2.99. The number of carbonyl (C=O) groups excluding carboxylic acids is 1. The molecule has 0 aromatic carbocycles. The second-order valence-corrected chi connectivity index (χ2v) is 7.18.